The molecule has 2 heterocycles. The highest BCUT2D eigenvalue weighted by Gasteiger charge is 2.33. The highest BCUT2D eigenvalue weighted by molar-refractivity contribution is 6.06. The summed E-state index contributed by atoms with van der Waals surface area (Å²) in [6.07, 6.45) is -3.11. The van der Waals surface area contributed by atoms with Crippen molar-refractivity contribution < 1.29 is 26.9 Å². The SMILES string of the molecule is Nc1onc(-c2coc3ccccc23)c1C(=O)NCc1ccccc1C(F)(F)F. The number of anilines is 1. The highest BCUT2D eigenvalue weighted by Crippen LogP contribution is 2.35. The minimum absolute atomic E-state index is 0.0685. The van der Waals surface area contributed by atoms with Crippen LogP contribution < -0.4 is 11.1 Å². The molecular weight excluding hydrogens is 387 g/mol. The van der Waals surface area contributed by atoms with Gasteiger partial charge in [-0.2, -0.15) is 13.2 Å². The van der Waals surface area contributed by atoms with Crippen LogP contribution in [0.1, 0.15) is 21.5 Å². The molecule has 0 saturated heterocycles. The van der Waals surface area contributed by atoms with E-state index in [2.05, 4.69) is 10.5 Å². The lowest BCUT2D eigenvalue weighted by Gasteiger charge is -2.13. The number of alkyl halides is 3. The molecular formula is C20H14F3N3O3. The largest absolute Gasteiger partial charge is 0.464 e. The molecule has 3 N–H and O–H groups in total. The van der Waals surface area contributed by atoms with E-state index >= 15 is 0 Å². The number of para-hydroxylation sites is 1. The Morgan fingerprint density at radius 1 is 1.10 bits per heavy atom. The van der Waals surface area contributed by atoms with Gasteiger partial charge in [0, 0.05) is 11.9 Å². The van der Waals surface area contributed by atoms with Crippen LogP contribution in [0.25, 0.3) is 22.2 Å². The van der Waals surface area contributed by atoms with Crippen LogP contribution >= 0.6 is 0 Å². The molecule has 4 rings (SSSR count). The number of hydrogen-bond acceptors (Lipinski definition) is 5. The molecule has 2 aromatic heterocycles. The van der Waals surface area contributed by atoms with Gasteiger partial charge in [-0.25, -0.2) is 0 Å². The van der Waals surface area contributed by atoms with E-state index in [1.165, 1.54) is 24.5 Å². The molecule has 2 aromatic carbocycles. The van der Waals surface area contributed by atoms with E-state index in [1.54, 1.807) is 24.3 Å². The second-order valence-electron chi connectivity index (χ2n) is 6.25. The van der Waals surface area contributed by atoms with Gasteiger partial charge >= 0.3 is 6.18 Å². The van der Waals surface area contributed by atoms with Crippen LogP contribution in [0.5, 0.6) is 0 Å². The maximum atomic E-state index is 13.1. The van der Waals surface area contributed by atoms with Crippen molar-refractivity contribution in [1.29, 1.82) is 0 Å². The quantitative estimate of drug-likeness (QED) is 0.520. The molecule has 0 unspecified atom stereocenters. The average Bonchev–Trinajstić information content (AvgIpc) is 3.29. The lowest BCUT2D eigenvalue weighted by Crippen LogP contribution is -2.25. The van der Waals surface area contributed by atoms with Crippen molar-refractivity contribution in [3.63, 3.8) is 0 Å². The van der Waals surface area contributed by atoms with Crippen molar-refractivity contribution in [2.24, 2.45) is 0 Å². The van der Waals surface area contributed by atoms with E-state index < -0.39 is 17.6 Å². The monoisotopic (exact) mass is 401 g/mol. The van der Waals surface area contributed by atoms with Crippen LogP contribution in [0.2, 0.25) is 0 Å². The van der Waals surface area contributed by atoms with E-state index in [4.69, 9.17) is 14.7 Å². The summed E-state index contributed by atoms with van der Waals surface area (Å²) >= 11 is 0. The third kappa shape index (κ3) is 3.42. The zero-order valence-electron chi connectivity index (χ0n) is 14.8. The third-order valence-corrected chi connectivity index (χ3v) is 4.44. The van der Waals surface area contributed by atoms with Crippen molar-refractivity contribution in [3.8, 4) is 11.3 Å². The molecule has 0 fully saturated rings. The Morgan fingerprint density at radius 2 is 1.83 bits per heavy atom. The fraction of sp³-hybridized carbons (Fsp3) is 0.100. The van der Waals surface area contributed by atoms with Crippen molar-refractivity contribution in [3.05, 3.63) is 71.5 Å². The van der Waals surface area contributed by atoms with Gasteiger partial charge in [0.25, 0.3) is 5.91 Å². The molecule has 29 heavy (non-hydrogen) atoms. The molecule has 0 atom stereocenters. The van der Waals surface area contributed by atoms with Gasteiger partial charge in [-0.3, -0.25) is 4.79 Å². The third-order valence-electron chi connectivity index (χ3n) is 4.44. The fourth-order valence-corrected chi connectivity index (χ4v) is 3.08. The Labute approximate surface area is 162 Å². The summed E-state index contributed by atoms with van der Waals surface area (Å²) in [7, 11) is 0. The first-order chi connectivity index (χ1) is 13.9. The number of nitrogens with two attached hydrogens (primary N) is 1. The van der Waals surface area contributed by atoms with Crippen LogP contribution in [-0.4, -0.2) is 11.1 Å². The summed E-state index contributed by atoms with van der Waals surface area (Å²) in [4.78, 5) is 12.7. The van der Waals surface area contributed by atoms with Crippen LogP contribution in [0, 0.1) is 0 Å². The molecule has 9 heteroatoms. The van der Waals surface area contributed by atoms with Crippen molar-refractivity contribution in [2.75, 3.05) is 5.73 Å². The molecule has 0 bridgehead atoms. The van der Waals surface area contributed by atoms with Gasteiger partial charge in [-0.15, -0.1) is 0 Å². The Bertz CT molecular complexity index is 1190. The first kappa shape index (κ1) is 18.6. The summed E-state index contributed by atoms with van der Waals surface area (Å²) in [6, 6.07) is 12.1. The predicted molar refractivity (Wildman–Crippen MR) is 98.7 cm³/mol. The summed E-state index contributed by atoms with van der Waals surface area (Å²) in [5.74, 6) is -0.951. The number of rotatable bonds is 4. The molecule has 0 radical (unpaired) electrons. The lowest BCUT2D eigenvalue weighted by molar-refractivity contribution is -0.138. The second kappa shape index (κ2) is 7.01. The number of halogens is 3. The topological polar surface area (TPSA) is 94.3 Å². The van der Waals surface area contributed by atoms with E-state index in [0.717, 1.165) is 6.07 Å². The van der Waals surface area contributed by atoms with Gasteiger partial charge < -0.3 is 20.0 Å². The summed E-state index contributed by atoms with van der Waals surface area (Å²) in [6.45, 7) is -0.343. The van der Waals surface area contributed by atoms with Gasteiger partial charge in [0.2, 0.25) is 5.88 Å². The summed E-state index contributed by atoms with van der Waals surface area (Å²) in [5, 5.41) is 6.99. The molecule has 0 aliphatic heterocycles. The first-order valence-corrected chi connectivity index (χ1v) is 8.51. The number of furan rings is 1. The maximum Gasteiger partial charge on any atom is 0.416 e. The molecule has 0 aliphatic rings. The summed E-state index contributed by atoms with van der Waals surface area (Å²) in [5.41, 5.74) is 6.01. The Balaban J connectivity index is 1.64. The average molecular weight is 401 g/mol. The fourth-order valence-electron chi connectivity index (χ4n) is 3.08. The number of carbonyl (C=O) groups is 1. The van der Waals surface area contributed by atoms with Crippen LogP contribution in [0.3, 0.4) is 0 Å². The number of amides is 1. The molecule has 0 saturated carbocycles. The number of hydrogen-bond donors (Lipinski definition) is 2. The number of nitrogen functional groups attached to an aromatic ring is 1. The Morgan fingerprint density at radius 3 is 2.62 bits per heavy atom. The molecule has 148 valence electrons. The van der Waals surface area contributed by atoms with Gasteiger partial charge in [-0.1, -0.05) is 41.6 Å². The van der Waals surface area contributed by atoms with E-state index in [9.17, 15) is 18.0 Å². The van der Waals surface area contributed by atoms with E-state index in [-0.39, 0.29) is 29.2 Å². The van der Waals surface area contributed by atoms with Gasteiger partial charge in [0.15, 0.2) is 0 Å². The number of fused-ring (bicyclic) bond motifs is 1. The number of benzene rings is 2. The molecule has 1 amide bonds. The number of nitrogens with zero attached hydrogens (tertiary/aromatic N) is 1. The Kier molecular flexibility index (Phi) is 4.50. The van der Waals surface area contributed by atoms with Crippen LogP contribution in [-0.2, 0) is 12.7 Å². The highest BCUT2D eigenvalue weighted by atomic mass is 19.4. The lowest BCUT2D eigenvalue weighted by atomic mass is 10.0. The van der Waals surface area contributed by atoms with Gasteiger partial charge in [0.05, 0.1) is 11.1 Å². The number of nitrogens with one attached hydrogen (secondary N) is 1. The smallest absolute Gasteiger partial charge is 0.416 e. The zero-order valence-corrected chi connectivity index (χ0v) is 14.8. The van der Waals surface area contributed by atoms with Crippen LogP contribution in [0.15, 0.2) is 63.7 Å². The summed E-state index contributed by atoms with van der Waals surface area (Å²) < 4.78 is 49.8. The maximum absolute atomic E-state index is 13.1. The molecule has 4 aromatic rings. The van der Waals surface area contributed by atoms with Crippen molar-refractivity contribution in [1.82, 2.24) is 10.5 Å². The minimum atomic E-state index is -4.53. The normalized spacial score (nSPS) is 11.7. The first-order valence-electron chi connectivity index (χ1n) is 8.51. The Hall–Kier alpha value is -3.75. The zero-order chi connectivity index (χ0) is 20.6. The van der Waals surface area contributed by atoms with Gasteiger partial charge in [-0.05, 0) is 17.7 Å². The predicted octanol–water partition coefficient (Wildman–Crippen LogP) is 4.62. The molecule has 6 nitrogen and oxygen atoms in total. The standard InChI is InChI=1S/C20H14F3N3O3/c21-20(22,23)14-7-3-1-5-11(14)9-25-19(27)16-17(26-29-18(16)24)13-10-28-15-8-4-2-6-12(13)15/h1-8,10H,9,24H2,(H,25,27). The van der Waals surface area contributed by atoms with Crippen molar-refractivity contribution >= 4 is 22.8 Å². The number of aromatic nitrogens is 1. The van der Waals surface area contributed by atoms with E-state index in [0.29, 0.717) is 16.5 Å². The van der Waals surface area contributed by atoms with Gasteiger partial charge in [0.1, 0.15) is 23.1 Å². The van der Waals surface area contributed by atoms with E-state index in [1.807, 2.05) is 0 Å². The molecule has 0 spiro atoms. The minimum Gasteiger partial charge on any atom is -0.464 e. The van der Waals surface area contributed by atoms with Crippen molar-refractivity contribution in [2.45, 2.75) is 12.7 Å². The number of carbonyl (C=O) groups excluding carboxylic acids is 1. The molecule has 0 aliphatic carbocycles. The van der Waals surface area contributed by atoms with Crippen LogP contribution in [0.4, 0.5) is 19.1 Å². The second-order valence-corrected chi connectivity index (χ2v) is 6.25.